The van der Waals surface area contributed by atoms with Crippen LogP contribution in [0.4, 0.5) is 11.4 Å². The van der Waals surface area contributed by atoms with E-state index in [-0.39, 0.29) is 5.78 Å². The molecule has 21 heavy (non-hydrogen) atoms. The van der Waals surface area contributed by atoms with Gasteiger partial charge in [-0.05, 0) is 30.0 Å². The number of hydrogen-bond acceptors (Lipinski definition) is 4. The van der Waals surface area contributed by atoms with Crippen LogP contribution in [0, 0.1) is 0 Å². The molecule has 0 bridgehead atoms. The Labute approximate surface area is 129 Å². The smallest absolute Gasteiger partial charge is 0.172 e. The number of fused-ring (bicyclic) bond motifs is 1. The number of Topliss-reactive ketones (excluding diaryl/α,β-unsaturated/α-hetero) is 1. The molecule has 0 saturated heterocycles. The van der Waals surface area contributed by atoms with E-state index in [1.165, 1.54) is 22.7 Å². The number of ketones is 1. The molecule has 4 heteroatoms. The summed E-state index contributed by atoms with van der Waals surface area (Å²) in [7, 11) is 2.14. The molecule has 1 aliphatic rings. The van der Waals surface area contributed by atoms with Crippen molar-refractivity contribution in [2.24, 2.45) is 0 Å². The number of anilines is 2. The molecule has 0 atom stereocenters. The van der Waals surface area contributed by atoms with Gasteiger partial charge in [0.25, 0.3) is 0 Å². The van der Waals surface area contributed by atoms with Gasteiger partial charge in [0.2, 0.25) is 0 Å². The largest absolute Gasteiger partial charge is 0.371 e. The van der Waals surface area contributed by atoms with Crippen LogP contribution in [0.25, 0.3) is 0 Å². The predicted octanol–water partition coefficient (Wildman–Crippen LogP) is 3.67. The third-order valence-electron chi connectivity index (χ3n) is 3.97. The average molecular weight is 300 g/mol. The number of nitrogens with zero attached hydrogens (tertiary/aromatic N) is 2. The lowest BCUT2D eigenvalue weighted by Gasteiger charge is -2.37. The van der Waals surface area contributed by atoms with Crippen LogP contribution >= 0.6 is 11.3 Å². The summed E-state index contributed by atoms with van der Waals surface area (Å²) in [5.74, 6) is 0.271. The van der Waals surface area contributed by atoms with Crippen LogP contribution in [0.5, 0.6) is 0 Å². The second kappa shape index (κ2) is 6.31. The number of rotatable bonds is 5. The first kappa shape index (κ1) is 14.1. The summed E-state index contributed by atoms with van der Waals surface area (Å²) in [5, 5.41) is 1.96. The summed E-state index contributed by atoms with van der Waals surface area (Å²) in [6.45, 7) is 3.01. The minimum absolute atomic E-state index is 0.271. The lowest BCUT2D eigenvalue weighted by atomic mass is 10.1. The standard InChI is InChI=1S/C17H20N2OS/c1-18-11-12-19(15-7-3-2-6-14(15)18)10-4-8-16(20)17-9-5-13-21-17/h2-3,5-7,9,13H,4,8,10-12H2,1H3. The van der Waals surface area contributed by atoms with Crippen LogP contribution < -0.4 is 9.80 Å². The van der Waals surface area contributed by atoms with Gasteiger partial charge in [0, 0.05) is 33.1 Å². The monoisotopic (exact) mass is 300 g/mol. The quantitative estimate of drug-likeness (QED) is 0.787. The molecule has 1 aromatic carbocycles. The third-order valence-corrected chi connectivity index (χ3v) is 4.88. The SMILES string of the molecule is CN1CCN(CCCC(=O)c2cccs2)c2ccccc21. The fraction of sp³-hybridized carbons (Fsp3) is 0.353. The summed E-state index contributed by atoms with van der Waals surface area (Å²) < 4.78 is 0. The second-order valence-electron chi connectivity index (χ2n) is 5.40. The van der Waals surface area contributed by atoms with Gasteiger partial charge in [0.15, 0.2) is 5.78 Å². The van der Waals surface area contributed by atoms with Gasteiger partial charge >= 0.3 is 0 Å². The Balaban J connectivity index is 1.59. The van der Waals surface area contributed by atoms with Crippen molar-refractivity contribution in [3.05, 3.63) is 46.7 Å². The van der Waals surface area contributed by atoms with Gasteiger partial charge in [0.1, 0.15) is 0 Å². The van der Waals surface area contributed by atoms with E-state index in [0.717, 1.165) is 30.9 Å². The molecule has 2 aromatic rings. The predicted molar refractivity (Wildman–Crippen MR) is 89.8 cm³/mol. The molecule has 110 valence electrons. The maximum atomic E-state index is 12.0. The van der Waals surface area contributed by atoms with Gasteiger partial charge in [-0.25, -0.2) is 0 Å². The molecule has 3 rings (SSSR count). The normalized spacial score (nSPS) is 14.1. The zero-order valence-corrected chi connectivity index (χ0v) is 13.1. The minimum Gasteiger partial charge on any atom is -0.371 e. The molecular weight excluding hydrogens is 280 g/mol. The molecule has 3 nitrogen and oxygen atoms in total. The van der Waals surface area contributed by atoms with Gasteiger partial charge in [-0.1, -0.05) is 18.2 Å². The highest BCUT2D eigenvalue weighted by Gasteiger charge is 2.19. The van der Waals surface area contributed by atoms with Crippen LogP contribution in [0.3, 0.4) is 0 Å². The number of hydrogen-bond donors (Lipinski definition) is 0. The first-order chi connectivity index (χ1) is 10.3. The fourth-order valence-electron chi connectivity index (χ4n) is 2.79. The summed E-state index contributed by atoms with van der Waals surface area (Å²) in [6.07, 6.45) is 1.55. The molecule has 0 fully saturated rings. The van der Waals surface area contributed by atoms with E-state index in [9.17, 15) is 4.79 Å². The van der Waals surface area contributed by atoms with Crippen LogP contribution in [-0.4, -0.2) is 32.5 Å². The number of thiophene rings is 1. The van der Waals surface area contributed by atoms with E-state index in [1.54, 1.807) is 0 Å². The Hall–Kier alpha value is -1.81. The summed E-state index contributed by atoms with van der Waals surface area (Å²) >= 11 is 1.54. The number of para-hydroxylation sites is 2. The maximum Gasteiger partial charge on any atom is 0.172 e. The van der Waals surface area contributed by atoms with Crippen molar-refractivity contribution in [2.75, 3.05) is 36.5 Å². The Kier molecular flexibility index (Phi) is 4.25. The number of carbonyl (C=O) groups excluding carboxylic acids is 1. The van der Waals surface area contributed by atoms with Crippen molar-refractivity contribution in [1.29, 1.82) is 0 Å². The Morgan fingerprint density at radius 2 is 1.95 bits per heavy atom. The van der Waals surface area contributed by atoms with Crippen molar-refractivity contribution in [1.82, 2.24) is 0 Å². The lowest BCUT2D eigenvalue weighted by Crippen LogP contribution is -2.39. The first-order valence-electron chi connectivity index (χ1n) is 7.37. The van der Waals surface area contributed by atoms with E-state index in [4.69, 9.17) is 0 Å². The van der Waals surface area contributed by atoms with E-state index in [2.05, 4.69) is 41.1 Å². The number of benzene rings is 1. The van der Waals surface area contributed by atoms with Gasteiger partial charge in [0.05, 0.1) is 16.3 Å². The second-order valence-corrected chi connectivity index (χ2v) is 6.35. The van der Waals surface area contributed by atoms with Crippen molar-refractivity contribution < 1.29 is 4.79 Å². The Morgan fingerprint density at radius 3 is 2.71 bits per heavy atom. The molecule has 2 heterocycles. The number of likely N-dealkylation sites (N-methyl/N-ethyl adjacent to an activating group) is 1. The minimum atomic E-state index is 0.271. The highest BCUT2D eigenvalue weighted by Crippen LogP contribution is 2.31. The van der Waals surface area contributed by atoms with E-state index in [1.807, 2.05) is 17.5 Å². The summed E-state index contributed by atoms with van der Waals surface area (Å²) in [6, 6.07) is 12.4. The van der Waals surface area contributed by atoms with Crippen molar-refractivity contribution >= 4 is 28.5 Å². The highest BCUT2D eigenvalue weighted by molar-refractivity contribution is 7.12. The lowest BCUT2D eigenvalue weighted by molar-refractivity contribution is 0.0984. The molecule has 0 N–H and O–H groups in total. The van der Waals surface area contributed by atoms with E-state index >= 15 is 0 Å². The average Bonchev–Trinajstić information content (AvgIpc) is 3.04. The maximum absolute atomic E-state index is 12.0. The van der Waals surface area contributed by atoms with Gasteiger partial charge in [-0.2, -0.15) is 0 Å². The molecule has 1 aliphatic heterocycles. The molecule has 0 aliphatic carbocycles. The number of carbonyl (C=O) groups is 1. The summed E-state index contributed by atoms with van der Waals surface area (Å²) in [4.78, 5) is 17.6. The molecule has 1 aromatic heterocycles. The van der Waals surface area contributed by atoms with Crippen LogP contribution in [0.1, 0.15) is 22.5 Å². The van der Waals surface area contributed by atoms with Crippen molar-refractivity contribution in [3.8, 4) is 0 Å². The van der Waals surface area contributed by atoms with Crippen LogP contribution in [-0.2, 0) is 0 Å². The van der Waals surface area contributed by atoms with Crippen molar-refractivity contribution in [3.63, 3.8) is 0 Å². The topological polar surface area (TPSA) is 23.6 Å². The fourth-order valence-corrected chi connectivity index (χ4v) is 3.48. The van der Waals surface area contributed by atoms with E-state index in [0.29, 0.717) is 6.42 Å². The first-order valence-corrected chi connectivity index (χ1v) is 8.25. The third kappa shape index (κ3) is 3.10. The molecular formula is C17H20N2OS. The molecule has 0 amide bonds. The molecule has 0 spiro atoms. The van der Waals surface area contributed by atoms with Crippen LogP contribution in [0.2, 0.25) is 0 Å². The van der Waals surface area contributed by atoms with Gasteiger partial charge in [-0.3, -0.25) is 4.79 Å². The van der Waals surface area contributed by atoms with E-state index < -0.39 is 0 Å². The van der Waals surface area contributed by atoms with Gasteiger partial charge < -0.3 is 9.80 Å². The molecule has 0 unspecified atom stereocenters. The molecule has 0 saturated carbocycles. The molecule has 0 radical (unpaired) electrons. The summed E-state index contributed by atoms with van der Waals surface area (Å²) in [5.41, 5.74) is 2.57. The zero-order chi connectivity index (χ0) is 14.7. The van der Waals surface area contributed by atoms with Gasteiger partial charge in [-0.15, -0.1) is 11.3 Å². The highest BCUT2D eigenvalue weighted by atomic mass is 32.1. The zero-order valence-electron chi connectivity index (χ0n) is 12.3. The Bertz CT molecular complexity index is 609. The van der Waals surface area contributed by atoms with Crippen LogP contribution in [0.15, 0.2) is 41.8 Å². The van der Waals surface area contributed by atoms with Crippen molar-refractivity contribution in [2.45, 2.75) is 12.8 Å². The Morgan fingerprint density at radius 1 is 1.14 bits per heavy atom.